The first-order chi connectivity index (χ1) is 11.6. The molecule has 1 saturated heterocycles. The third kappa shape index (κ3) is 5.76. The Kier molecular flexibility index (Phi) is 8.03. The van der Waals surface area contributed by atoms with Gasteiger partial charge in [0.05, 0.1) is 0 Å². The standard InChI is InChI=1S/C19H34N2O3/c1-3-7-17(15-8-5-4-6-9-15)21-18(22)14(2)20-19(23)16-10-12-24-13-11-16/h14-17H,3-13H2,1-2H3,(H,20,23)(H,21,22)/t14-,17-/m1/s1. The first-order valence-corrected chi connectivity index (χ1v) is 9.80. The van der Waals surface area contributed by atoms with Crippen molar-refractivity contribution in [3.05, 3.63) is 0 Å². The Labute approximate surface area is 146 Å². The van der Waals surface area contributed by atoms with Crippen molar-refractivity contribution in [3.8, 4) is 0 Å². The van der Waals surface area contributed by atoms with Crippen LogP contribution in [0.15, 0.2) is 0 Å². The maximum atomic E-state index is 12.5. The number of carbonyl (C=O) groups excluding carboxylic acids is 2. The molecule has 2 fully saturated rings. The molecule has 0 spiro atoms. The van der Waals surface area contributed by atoms with Crippen LogP contribution in [-0.4, -0.2) is 37.1 Å². The van der Waals surface area contributed by atoms with Gasteiger partial charge in [-0.3, -0.25) is 9.59 Å². The molecule has 1 saturated carbocycles. The lowest BCUT2D eigenvalue weighted by Gasteiger charge is -2.32. The Morgan fingerprint density at radius 2 is 1.71 bits per heavy atom. The lowest BCUT2D eigenvalue weighted by atomic mass is 9.82. The Bertz CT molecular complexity index is 401. The van der Waals surface area contributed by atoms with Crippen molar-refractivity contribution in [3.63, 3.8) is 0 Å². The quantitative estimate of drug-likeness (QED) is 0.750. The number of amides is 2. The molecule has 24 heavy (non-hydrogen) atoms. The minimum Gasteiger partial charge on any atom is -0.381 e. The number of rotatable bonds is 7. The van der Waals surface area contributed by atoms with Crippen LogP contribution < -0.4 is 10.6 Å². The molecule has 0 bridgehead atoms. The molecule has 1 aliphatic heterocycles. The van der Waals surface area contributed by atoms with Crippen molar-refractivity contribution >= 4 is 11.8 Å². The summed E-state index contributed by atoms with van der Waals surface area (Å²) in [6, 6.07) is -0.214. The second-order valence-corrected chi connectivity index (χ2v) is 7.42. The van der Waals surface area contributed by atoms with Gasteiger partial charge in [-0.15, -0.1) is 0 Å². The number of hydrogen-bond donors (Lipinski definition) is 2. The molecule has 2 amide bonds. The van der Waals surface area contributed by atoms with Gasteiger partial charge in [0.1, 0.15) is 6.04 Å². The molecule has 1 aliphatic carbocycles. The first kappa shape index (κ1) is 19.2. The zero-order valence-electron chi connectivity index (χ0n) is 15.3. The second kappa shape index (κ2) is 10.0. The van der Waals surface area contributed by atoms with E-state index < -0.39 is 6.04 Å². The lowest BCUT2D eigenvalue weighted by molar-refractivity contribution is -0.133. The maximum absolute atomic E-state index is 12.5. The van der Waals surface area contributed by atoms with Gasteiger partial charge in [0.2, 0.25) is 11.8 Å². The molecule has 0 unspecified atom stereocenters. The van der Waals surface area contributed by atoms with Crippen LogP contribution in [0.4, 0.5) is 0 Å². The van der Waals surface area contributed by atoms with Crippen molar-refractivity contribution in [1.82, 2.24) is 10.6 Å². The van der Waals surface area contributed by atoms with Gasteiger partial charge in [-0.05, 0) is 44.9 Å². The van der Waals surface area contributed by atoms with Gasteiger partial charge in [-0.2, -0.15) is 0 Å². The van der Waals surface area contributed by atoms with Gasteiger partial charge in [0.25, 0.3) is 0 Å². The zero-order chi connectivity index (χ0) is 17.4. The van der Waals surface area contributed by atoms with E-state index in [2.05, 4.69) is 17.6 Å². The van der Waals surface area contributed by atoms with Gasteiger partial charge in [-0.1, -0.05) is 32.6 Å². The third-order valence-electron chi connectivity index (χ3n) is 5.49. The first-order valence-electron chi connectivity index (χ1n) is 9.80. The maximum Gasteiger partial charge on any atom is 0.242 e. The Morgan fingerprint density at radius 1 is 1.04 bits per heavy atom. The molecule has 0 aromatic heterocycles. The van der Waals surface area contributed by atoms with E-state index in [4.69, 9.17) is 4.74 Å². The fourth-order valence-corrected chi connectivity index (χ4v) is 3.94. The molecule has 138 valence electrons. The van der Waals surface area contributed by atoms with Crippen LogP contribution in [0.2, 0.25) is 0 Å². The summed E-state index contributed by atoms with van der Waals surface area (Å²) in [6.07, 6.45) is 9.90. The summed E-state index contributed by atoms with van der Waals surface area (Å²) in [5.74, 6) is 0.532. The highest BCUT2D eigenvalue weighted by Gasteiger charge is 2.28. The van der Waals surface area contributed by atoms with Crippen LogP contribution in [0.3, 0.4) is 0 Å². The van der Waals surface area contributed by atoms with E-state index in [1.165, 1.54) is 32.1 Å². The smallest absolute Gasteiger partial charge is 0.242 e. The minimum absolute atomic E-state index is 0.00865. The number of carbonyl (C=O) groups is 2. The molecule has 0 aromatic carbocycles. The molecule has 0 radical (unpaired) electrons. The summed E-state index contributed by atoms with van der Waals surface area (Å²) in [4.78, 5) is 24.8. The van der Waals surface area contributed by atoms with Crippen molar-refractivity contribution in [2.45, 2.75) is 83.7 Å². The van der Waals surface area contributed by atoms with E-state index in [0.29, 0.717) is 19.1 Å². The normalized spacial score (nSPS) is 22.6. The average molecular weight is 338 g/mol. The van der Waals surface area contributed by atoms with E-state index >= 15 is 0 Å². The van der Waals surface area contributed by atoms with Crippen molar-refractivity contribution in [2.75, 3.05) is 13.2 Å². The van der Waals surface area contributed by atoms with Gasteiger partial charge < -0.3 is 15.4 Å². The van der Waals surface area contributed by atoms with Crippen molar-refractivity contribution in [1.29, 1.82) is 0 Å². The third-order valence-corrected chi connectivity index (χ3v) is 5.49. The van der Waals surface area contributed by atoms with Gasteiger partial charge in [-0.25, -0.2) is 0 Å². The summed E-state index contributed by atoms with van der Waals surface area (Å²) in [5.41, 5.74) is 0. The SMILES string of the molecule is CCC[C@@H](NC(=O)[C@@H](C)NC(=O)C1CCOCC1)C1CCCCC1. The van der Waals surface area contributed by atoms with Crippen LogP contribution in [0.5, 0.6) is 0 Å². The summed E-state index contributed by atoms with van der Waals surface area (Å²) >= 11 is 0. The second-order valence-electron chi connectivity index (χ2n) is 7.42. The van der Waals surface area contributed by atoms with E-state index in [1.54, 1.807) is 6.92 Å². The van der Waals surface area contributed by atoms with Crippen molar-refractivity contribution in [2.24, 2.45) is 11.8 Å². The summed E-state index contributed by atoms with van der Waals surface area (Å²) in [5, 5.41) is 6.11. The van der Waals surface area contributed by atoms with Gasteiger partial charge in [0.15, 0.2) is 0 Å². The fourth-order valence-electron chi connectivity index (χ4n) is 3.94. The zero-order valence-corrected chi connectivity index (χ0v) is 15.3. The highest BCUT2D eigenvalue weighted by molar-refractivity contribution is 5.88. The summed E-state index contributed by atoms with van der Waals surface area (Å²) in [6.45, 7) is 5.23. The molecule has 2 N–H and O–H groups in total. The van der Waals surface area contributed by atoms with E-state index in [9.17, 15) is 9.59 Å². The largest absolute Gasteiger partial charge is 0.381 e. The molecular weight excluding hydrogens is 304 g/mol. The topological polar surface area (TPSA) is 67.4 Å². The minimum atomic E-state index is -0.469. The van der Waals surface area contributed by atoms with Crippen LogP contribution in [0.1, 0.15) is 71.6 Å². The molecular formula is C19H34N2O3. The Hall–Kier alpha value is -1.10. The monoisotopic (exact) mass is 338 g/mol. The average Bonchev–Trinajstić information content (AvgIpc) is 2.62. The Morgan fingerprint density at radius 3 is 2.33 bits per heavy atom. The summed E-state index contributed by atoms with van der Waals surface area (Å²) in [7, 11) is 0. The van der Waals surface area contributed by atoms with E-state index in [-0.39, 0.29) is 23.8 Å². The summed E-state index contributed by atoms with van der Waals surface area (Å²) < 4.78 is 5.29. The highest BCUT2D eigenvalue weighted by atomic mass is 16.5. The number of hydrogen-bond acceptors (Lipinski definition) is 3. The molecule has 2 aliphatic rings. The van der Waals surface area contributed by atoms with Crippen molar-refractivity contribution < 1.29 is 14.3 Å². The van der Waals surface area contributed by atoms with Crippen LogP contribution in [0, 0.1) is 11.8 Å². The van der Waals surface area contributed by atoms with E-state index in [1.807, 2.05) is 0 Å². The molecule has 5 nitrogen and oxygen atoms in total. The fraction of sp³-hybridized carbons (Fsp3) is 0.895. The lowest BCUT2D eigenvalue weighted by Crippen LogP contribution is -2.51. The molecule has 0 aromatic rings. The Balaban J connectivity index is 1.82. The molecule has 1 heterocycles. The predicted molar refractivity (Wildman–Crippen MR) is 94.6 cm³/mol. The van der Waals surface area contributed by atoms with E-state index in [0.717, 1.165) is 25.7 Å². The van der Waals surface area contributed by atoms with Crippen LogP contribution in [0.25, 0.3) is 0 Å². The van der Waals surface area contributed by atoms with Gasteiger partial charge in [0, 0.05) is 25.2 Å². The number of ether oxygens (including phenoxy) is 1. The molecule has 2 atom stereocenters. The molecule has 5 heteroatoms. The highest BCUT2D eigenvalue weighted by Crippen LogP contribution is 2.28. The van der Waals surface area contributed by atoms with Crippen LogP contribution >= 0.6 is 0 Å². The predicted octanol–water partition coefficient (Wildman–Crippen LogP) is 2.78. The number of nitrogens with one attached hydrogen (secondary N) is 2. The van der Waals surface area contributed by atoms with Crippen LogP contribution in [-0.2, 0) is 14.3 Å². The van der Waals surface area contributed by atoms with Gasteiger partial charge >= 0.3 is 0 Å². The molecule has 2 rings (SSSR count).